The first-order chi connectivity index (χ1) is 13.7. The van der Waals surface area contributed by atoms with Gasteiger partial charge in [0.25, 0.3) is 5.91 Å². The first-order valence-electron chi connectivity index (χ1n) is 9.35. The number of nitrogens with zero attached hydrogens (tertiary/aromatic N) is 4. The van der Waals surface area contributed by atoms with Crippen molar-refractivity contribution in [1.29, 1.82) is 0 Å². The number of pyridine rings is 1. The van der Waals surface area contributed by atoms with Gasteiger partial charge < -0.3 is 14.4 Å². The summed E-state index contributed by atoms with van der Waals surface area (Å²) >= 11 is 0. The number of amides is 1. The molecule has 7 heteroatoms. The molecule has 0 N–H and O–H groups in total. The van der Waals surface area contributed by atoms with Crippen LogP contribution in [0.2, 0.25) is 0 Å². The number of rotatable bonds is 5. The Balaban J connectivity index is 1.40. The SMILES string of the molecule is COc1cccc(C(=O)N2CCN(Cc3cc4ccccn4n3)CC2)c1OC. The van der Waals surface area contributed by atoms with Crippen LogP contribution >= 0.6 is 0 Å². The lowest BCUT2D eigenvalue weighted by molar-refractivity contribution is 0.0623. The molecule has 7 nitrogen and oxygen atoms in total. The molecular formula is C21H24N4O3. The number of aromatic nitrogens is 2. The van der Waals surface area contributed by atoms with Gasteiger partial charge in [0.2, 0.25) is 0 Å². The Hall–Kier alpha value is -3.06. The average molecular weight is 380 g/mol. The van der Waals surface area contributed by atoms with Crippen LogP contribution in [0.3, 0.4) is 0 Å². The molecule has 1 fully saturated rings. The zero-order valence-electron chi connectivity index (χ0n) is 16.2. The van der Waals surface area contributed by atoms with Crippen molar-refractivity contribution in [3.8, 4) is 11.5 Å². The number of piperazine rings is 1. The molecular weight excluding hydrogens is 356 g/mol. The van der Waals surface area contributed by atoms with Crippen molar-refractivity contribution in [2.75, 3.05) is 40.4 Å². The maximum absolute atomic E-state index is 13.0. The van der Waals surface area contributed by atoms with Crippen LogP contribution in [-0.2, 0) is 6.54 Å². The molecule has 1 amide bonds. The van der Waals surface area contributed by atoms with Crippen molar-refractivity contribution in [3.63, 3.8) is 0 Å². The second kappa shape index (κ2) is 7.90. The number of para-hydroxylation sites is 1. The zero-order chi connectivity index (χ0) is 19.5. The summed E-state index contributed by atoms with van der Waals surface area (Å²) in [5.41, 5.74) is 2.67. The van der Waals surface area contributed by atoms with E-state index in [1.807, 2.05) is 33.8 Å². The van der Waals surface area contributed by atoms with Crippen LogP contribution in [0.15, 0.2) is 48.7 Å². The predicted octanol–water partition coefficient (Wildman–Crippen LogP) is 2.31. The summed E-state index contributed by atoms with van der Waals surface area (Å²) in [7, 11) is 3.13. The van der Waals surface area contributed by atoms with Gasteiger partial charge in [-0.2, -0.15) is 5.10 Å². The lowest BCUT2D eigenvalue weighted by Gasteiger charge is -2.34. The lowest BCUT2D eigenvalue weighted by atomic mass is 10.1. The molecule has 0 aliphatic carbocycles. The number of ether oxygens (including phenoxy) is 2. The molecule has 0 spiro atoms. The smallest absolute Gasteiger partial charge is 0.257 e. The summed E-state index contributed by atoms with van der Waals surface area (Å²) in [5.74, 6) is 1.03. The van der Waals surface area contributed by atoms with Gasteiger partial charge in [0.15, 0.2) is 11.5 Å². The standard InChI is InChI=1S/C21H24N4O3/c1-27-19-8-5-7-18(20(19)28-2)21(26)24-12-10-23(11-13-24)15-16-14-17-6-3-4-9-25(17)22-16/h3-9,14H,10-13,15H2,1-2H3. The van der Waals surface area contributed by atoms with E-state index in [2.05, 4.69) is 22.1 Å². The van der Waals surface area contributed by atoms with Crippen molar-refractivity contribution in [1.82, 2.24) is 19.4 Å². The van der Waals surface area contributed by atoms with Crippen LogP contribution in [0, 0.1) is 0 Å². The summed E-state index contributed by atoms with van der Waals surface area (Å²) in [6.45, 7) is 3.75. The Morgan fingerprint density at radius 1 is 1.04 bits per heavy atom. The topological polar surface area (TPSA) is 59.3 Å². The number of methoxy groups -OCH3 is 2. The van der Waals surface area contributed by atoms with E-state index in [9.17, 15) is 4.79 Å². The molecule has 1 aliphatic heterocycles. The molecule has 28 heavy (non-hydrogen) atoms. The van der Waals surface area contributed by atoms with Gasteiger partial charge in [-0.25, -0.2) is 4.52 Å². The summed E-state index contributed by atoms with van der Waals surface area (Å²) in [5, 5.41) is 4.61. The van der Waals surface area contributed by atoms with Crippen LogP contribution in [0.25, 0.3) is 5.52 Å². The Kier molecular flexibility index (Phi) is 5.16. The Morgan fingerprint density at radius 3 is 2.57 bits per heavy atom. The molecule has 0 atom stereocenters. The minimum Gasteiger partial charge on any atom is -0.493 e. The molecule has 2 aromatic heterocycles. The fourth-order valence-electron chi connectivity index (χ4n) is 3.63. The van der Waals surface area contributed by atoms with Crippen LogP contribution in [0.1, 0.15) is 16.1 Å². The van der Waals surface area contributed by atoms with E-state index >= 15 is 0 Å². The van der Waals surface area contributed by atoms with Gasteiger partial charge in [0.1, 0.15) is 0 Å². The molecule has 1 aromatic carbocycles. The minimum atomic E-state index is -0.0249. The summed E-state index contributed by atoms with van der Waals surface area (Å²) < 4.78 is 12.6. The number of fused-ring (bicyclic) bond motifs is 1. The Morgan fingerprint density at radius 2 is 1.86 bits per heavy atom. The maximum atomic E-state index is 13.0. The number of carbonyl (C=O) groups is 1. The monoisotopic (exact) mass is 380 g/mol. The first-order valence-corrected chi connectivity index (χ1v) is 9.35. The van der Waals surface area contributed by atoms with E-state index in [-0.39, 0.29) is 5.91 Å². The third-order valence-corrected chi connectivity index (χ3v) is 5.10. The van der Waals surface area contributed by atoms with E-state index in [0.717, 1.165) is 30.8 Å². The summed E-state index contributed by atoms with van der Waals surface area (Å²) in [6.07, 6.45) is 1.96. The predicted molar refractivity (Wildman–Crippen MR) is 106 cm³/mol. The lowest BCUT2D eigenvalue weighted by Crippen LogP contribution is -2.48. The van der Waals surface area contributed by atoms with Crippen LogP contribution in [0.5, 0.6) is 11.5 Å². The fourth-order valence-corrected chi connectivity index (χ4v) is 3.63. The Labute approximate surface area is 164 Å². The van der Waals surface area contributed by atoms with Crippen molar-refractivity contribution in [2.45, 2.75) is 6.54 Å². The van der Waals surface area contributed by atoms with Crippen molar-refractivity contribution < 1.29 is 14.3 Å². The van der Waals surface area contributed by atoms with Crippen LogP contribution in [0.4, 0.5) is 0 Å². The highest BCUT2D eigenvalue weighted by molar-refractivity contribution is 5.97. The van der Waals surface area contributed by atoms with Gasteiger partial charge in [0, 0.05) is 38.9 Å². The second-order valence-electron chi connectivity index (χ2n) is 6.82. The van der Waals surface area contributed by atoms with Gasteiger partial charge in [-0.1, -0.05) is 12.1 Å². The molecule has 3 aromatic rings. The third kappa shape index (κ3) is 3.53. The molecule has 1 saturated heterocycles. The van der Waals surface area contributed by atoms with Crippen molar-refractivity contribution >= 4 is 11.4 Å². The number of carbonyl (C=O) groups excluding carboxylic acids is 1. The zero-order valence-corrected chi connectivity index (χ0v) is 16.2. The van der Waals surface area contributed by atoms with E-state index in [1.54, 1.807) is 26.4 Å². The Bertz CT molecular complexity index is 944. The van der Waals surface area contributed by atoms with Gasteiger partial charge in [0.05, 0.1) is 31.0 Å². The van der Waals surface area contributed by atoms with Gasteiger partial charge >= 0.3 is 0 Å². The number of hydrogen-bond donors (Lipinski definition) is 0. The first kappa shape index (κ1) is 18.3. The molecule has 0 unspecified atom stereocenters. The summed E-state index contributed by atoms with van der Waals surface area (Å²) in [4.78, 5) is 17.2. The van der Waals surface area contributed by atoms with E-state index in [0.29, 0.717) is 30.2 Å². The summed E-state index contributed by atoms with van der Waals surface area (Å²) in [6, 6.07) is 13.5. The second-order valence-corrected chi connectivity index (χ2v) is 6.82. The number of benzene rings is 1. The van der Waals surface area contributed by atoms with Crippen LogP contribution in [-0.4, -0.2) is 65.7 Å². The van der Waals surface area contributed by atoms with Gasteiger partial charge in [-0.05, 0) is 30.3 Å². The van der Waals surface area contributed by atoms with Crippen molar-refractivity contribution in [3.05, 3.63) is 59.9 Å². The highest BCUT2D eigenvalue weighted by Crippen LogP contribution is 2.31. The molecule has 0 radical (unpaired) electrons. The van der Waals surface area contributed by atoms with E-state index in [4.69, 9.17) is 9.47 Å². The largest absolute Gasteiger partial charge is 0.493 e. The number of hydrogen-bond acceptors (Lipinski definition) is 5. The van der Waals surface area contributed by atoms with Gasteiger partial charge in [-0.3, -0.25) is 9.69 Å². The third-order valence-electron chi connectivity index (χ3n) is 5.10. The van der Waals surface area contributed by atoms with Crippen LogP contribution < -0.4 is 9.47 Å². The van der Waals surface area contributed by atoms with E-state index < -0.39 is 0 Å². The van der Waals surface area contributed by atoms with E-state index in [1.165, 1.54) is 0 Å². The highest BCUT2D eigenvalue weighted by Gasteiger charge is 2.26. The van der Waals surface area contributed by atoms with Crippen molar-refractivity contribution in [2.24, 2.45) is 0 Å². The maximum Gasteiger partial charge on any atom is 0.257 e. The highest BCUT2D eigenvalue weighted by atomic mass is 16.5. The molecule has 4 rings (SSSR count). The van der Waals surface area contributed by atoms with Gasteiger partial charge in [-0.15, -0.1) is 0 Å². The minimum absolute atomic E-state index is 0.0249. The quantitative estimate of drug-likeness (QED) is 0.680. The molecule has 1 aliphatic rings. The molecule has 0 saturated carbocycles. The molecule has 3 heterocycles. The average Bonchev–Trinajstić information content (AvgIpc) is 3.15. The molecule has 146 valence electrons. The fraction of sp³-hybridized carbons (Fsp3) is 0.333. The normalized spacial score (nSPS) is 15.0. The molecule has 0 bridgehead atoms.